The predicted octanol–water partition coefficient (Wildman–Crippen LogP) is 4.64. The lowest BCUT2D eigenvalue weighted by atomic mass is 10.1. The second-order valence-corrected chi connectivity index (χ2v) is 7.19. The maximum Gasteiger partial charge on any atom is 0.338 e. The van der Waals surface area contributed by atoms with Gasteiger partial charge in [0, 0.05) is 5.69 Å². The van der Waals surface area contributed by atoms with Gasteiger partial charge in [-0.2, -0.15) is 0 Å². The van der Waals surface area contributed by atoms with Gasteiger partial charge in [-0.15, -0.1) is 0 Å². The largest absolute Gasteiger partial charge is 0.462 e. The number of rotatable bonds is 8. The summed E-state index contributed by atoms with van der Waals surface area (Å²) in [6, 6.07) is 13.7. The Balaban J connectivity index is 1.82. The van der Waals surface area contributed by atoms with Crippen molar-refractivity contribution in [2.45, 2.75) is 33.1 Å². The normalized spacial score (nSPS) is 13.8. The maximum atomic E-state index is 13.0. The maximum absolute atomic E-state index is 13.0. The van der Waals surface area contributed by atoms with Gasteiger partial charge in [-0.1, -0.05) is 56.1 Å². The van der Waals surface area contributed by atoms with Crippen LogP contribution in [-0.2, 0) is 20.7 Å². The number of aryl methyl sites for hydroxylation is 1. The number of imide groups is 1. The van der Waals surface area contributed by atoms with Crippen LogP contribution in [0.15, 0.2) is 59.3 Å². The van der Waals surface area contributed by atoms with Crippen molar-refractivity contribution < 1.29 is 19.1 Å². The number of esters is 1. The highest BCUT2D eigenvalue weighted by Crippen LogP contribution is 2.32. The number of unbranched alkanes of at least 4 members (excludes halogenated alkanes) is 1. The minimum Gasteiger partial charge on any atom is -0.462 e. The number of hydrogen-bond donors (Lipinski definition) is 1. The number of amides is 2. The molecule has 2 aromatic rings. The van der Waals surface area contributed by atoms with Crippen LogP contribution in [0.3, 0.4) is 0 Å². The van der Waals surface area contributed by atoms with E-state index in [0.29, 0.717) is 30.0 Å². The van der Waals surface area contributed by atoms with Crippen LogP contribution in [-0.4, -0.2) is 24.4 Å². The average molecular weight is 427 g/mol. The molecular weight excluding hydrogens is 404 g/mol. The third-order valence-electron chi connectivity index (χ3n) is 4.74. The molecule has 0 fully saturated rings. The van der Waals surface area contributed by atoms with Gasteiger partial charge in [0.25, 0.3) is 11.8 Å². The van der Waals surface area contributed by atoms with Gasteiger partial charge in [0.15, 0.2) is 0 Å². The summed E-state index contributed by atoms with van der Waals surface area (Å²) in [7, 11) is 0. The second-order valence-electron chi connectivity index (χ2n) is 6.81. The van der Waals surface area contributed by atoms with Crippen molar-refractivity contribution in [3.05, 3.63) is 70.4 Å². The SMILES string of the molecule is CCCCOC(=O)c1cccc(NC2=C(Cl)C(=O)N(c3ccccc3CC)C2=O)c1. The molecule has 0 radical (unpaired) electrons. The summed E-state index contributed by atoms with van der Waals surface area (Å²) in [5.41, 5.74) is 2.15. The number of carbonyl (C=O) groups is 3. The Hall–Kier alpha value is -3.12. The summed E-state index contributed by atoms with van der Waals surface area (Å²) in [6.45, 7) is 4.31. The molecule has 6 nitrogen and oxygen atoms in total. The van der Waals surface area contributed by atoms with Crippen LogP contribution in [0.1, 0.15) is 42.6 Å². The third-order valence-corrected chi connectivity index (χ3v) is 5.09. The lowest BCUT2D eigenvalue weighted by Crippen LogP contribution is -2.33. The number of anilines is 2. The van der Waals surface area contributed by atoms with E-state index in [1.165, 1.54) is 0 Å². The number of hydrogen-bond acceptors (Lipinski definition) is 5. The molecule has 3 rings (SSSR count). The smallest absolute Gasteiger partial charge is 0.338 e. The predicted molar refractivity (Wildman–Crippen MR) is 116 cm³/mol. The Labute approximate surface area is 180 Å². The highest BCUT2D eigenvalue weighted by molar-refractivity contribution is 6.53. The molecule has 0 saturated heterocycles. The van der Waals surface area contributed by atoms with Gasteiger partial charge in [-0.05, 0) is 42.7 Å². The summed E-state index contributed by atoms with van der Waals surface area (Å²) < 4.78 is 5.22. The molecule has 1 aliphatic heterocycles. The van der Waals surface area contributed by atoms with Crippen LogP contribution in [0, 0.1) is 0 Å². The monoisotopic (exact) mass is 426 g/mol. The van der Waals surface area contributed by atoms with Gasteiger partial charge < -0.3 is 10.1 Å². The first kappa shape index (κ1) is 21.6. The minimum atomic E-state index is -0.583. The Bertz CT molecular complexity index is 1020. The first-order valence-corrected chi connectivity index (χ1v) is 10.3. The Morgan fingerprint density at radius 3 is 2.57 bits per heavy atom. The van der Waals surface area contributed by atoms with E-state index < -0.39 is 17.8 Å². The quantitative estimate of drug-likeness (QED) is 0.378. The lowest BCUT2D eigenvalue weighted by Gasteiger charge is -2.18. The standard InChI is InChI=1S/C23H23ClN2O4/c1-3-5-13-30-23(29)16-10-8-11-17(14-16)25-20-19(24)21(27)26(22(20)28)18-12-7-6-9-15(18)4-2/h6-12,14,25H,3-5,13H2,1-2H3. The molecule has 0 saturated carbocycles. The fourth-order valence-electron chi connectivity index (χ4n) is 3.12. The third kappa shape index (κ3) is 4.39. The van der Waals surface area contributed by atoms with Crippen molar-refractivity contribution in [2.75, 3.05) is 16.8 Å². The van der Waals surface area contributed by atoms with E-state index in [0.717, 1.165) is 23.3 Å². The number of nitrogens with one attached hydrogen (secondary N) is 1. The van der Waals surface area contributed by atoms with E-state index in [-0.39, 0.29) is 10.7 Å². The van der Waals surface area contributed by atoms with Crippen LogP contribution in [0.4, 0.5) is 11.4 Å². The van der Waals surface area contributed by atoms with Gasteiger partial charge in [0.2, 0.25) is 0 Å². The van der Waals surface area contributed by atoms with Gasteiger partial charge in [-0.3, -0.25) is 9.59 Å². The molecule has 0 aliphatic carbocycles. The van der Waals surface area contributed by atoms with Crippen LogP contribution in [0.5, 0.6) is 0 Å². The van der Waals surface area contributed by atoms with Crippen molar-refractivity contribution in [1.82, 2.24) is 0 Å². The summed E-state index contributed by atoms with van der Waals surface area (Å²) in [5.74, 6) is -1.57. The Morgan fingerprint density at radius 2 is 1.83 bits per heavy atom. The molecule has 0 bridgehead atoms. The van der Waals surface area contributed by atoms with E-state index >= 15 is 0 Å². The van der Waals surface area contributed by atoms with Crippen molar-refractivity contribution >= 4 is 40.8 Å². The minimum absolute atomic E-state index is 0.0240. The van der Waals surface area contributed by atoms with Gasteiger partial charge in [0.05, 0.1) is 17.9 Å². The lowest BCUT2D eigenvalue weighted by molar-refractivity contribution is -0.120. The van der Waals surface area contributed by atoms with Crippen LogP contribution in [0.2, 0.25) is 0 Å². The Morgan fingerprint density at radius 1 is 1.07 bits per heavy atom. The highest BCUT2D eigenvalue weighted by atomic mass is 35.5. The van der Waals surface area contributed by atoms with Crippen LogP contribution < -0.4 is 10.2 Å². The zero-order valence-electron chi connectivity index (χ0n) is 16.9. The summed E-state index contributed by atoms with van der Waals surface area (Å²) in [6.07, 6.45) is 2.38. The first-order valence-electron chi connectivity index (χ1n) is 9.88. The molecule has 0 unspecified atom stereocenters. The second kappa shape index (κ2) is 9.59. The van der Waals surface area contributed by atoms with Crippen molar-refractivity contribution in [3.8, 4) is 0 Å². The van der Waals surface area contributed by atoms with E-state index in [2.05, 4.69) is 5.32 Å². The molecule has 30 heavy (non-hydrogen) atoms. The van der Waals surface area contributed by atoms with Crippen LogP contribution >= 0.6 is 11.6 Å². The molecule has 0 spiro atoms. The van der Waals surface area contributed by atoms with Crippen molar-refractivity contribution in [1.29, 1.82) is 0 Å². The van der Waals surface area contributed by atoms with E-state index in [1.807, 2.05) is 26.0 Å². The Kier molecular flexibility index (Phi) is 6.90. The fourth-order valence-corrected chi connectivity index (χ4v) is 3.33. The van der Waals surface area contributed by atoms with E-state index in [1.54, 1.807) is 36.4 Å². The summed E-state index contributed by atoms with van der Waals surface area (Å²) >= 11 is 6.21. The number of nitrogens with zero attached hydrogens (tertiary/aromatic N) is 1. The number of halogens is 1. The summed E-state index contributed by atoms with van der Waals surface area (Å²) in [5, 5.41) is 2.71. The van der Waals surface area contributed by atoms with Gasteiger partial charge in [-0.25, -0.2) is 9.69 Å². The molecule has 156 valence electrons. The van der Waals surface area contributed by atoms with Gasteiger partial charge in [0.1, 0.15) is 10.7 Å². The average Bonchev–Trinajstić information content (AvgIpc) is 2.97. The van der Waals surface area contributed by atoms with Gasteiger partial charge >= 0.3 is 5.97 Å². The van der Waals surface area contributed by atoms with Crippen LogP contribution in [0.25, 0.3) is 0 Å². The summed E-state index contributed by atoms with van der Waals surface area (Å²) in [4.78, 5) is 39.0. The molecule has 0 atom stereocenters. The molecular formula is C23H23ClN2O4. The highest BCUT2D eigenvalue weighted by Gasteiger charge is 2.39. The topological polar surface area (TPSA) is 75.7 Å². The molecule has 1 heterocycles. The van der Waals surface area contributed by atoms with E-state index in [9.17, 15) is 14.4 Å². The number of carbonyl (C=O) groups excluding carboxylic acids is 3. The first-order chi connectivity index (χ1) is 14.5. The zero-order chi connectivity index (χ0) is 21.7. The van der Waals surface area contributed by atoms with Crippen molar-refractivity contribution in [2.24, 2.45) is 0 Å². The number of benzene rings is 2. The molecule has 2 aromatic carbocycles. The number of para-hydroxylation sites is 1. The molecule has 2 amide bonds. The van der Waals surface area contributed by atoms with E-state index in [4.69, 9.17) is 16.3 Å². The molecule has 1 aliphatic rings. The fraction of sp³-hybridized carbons (Fsp3) is 0.261. The molecule has 0 aromatic heterocycles. The zero-order valence-corrected chi connectivity index (χ0v) is 17.7. The molecule has 7 heteroatoms. The molecule has 1 N–H and O–H groups in total. The van der Waals surface area contributed by atoms with Crippen molar-refractivity contribution in [3.63, 3.8) is 0 Å². The number of ether oxygens (including phenoxy) is 1.